The van der Waals surface area contributed by atoms with Gasteiger partial charge in [0, 0.05) is 6.42 Å². The van der Waals surface area contributed by atoms with Crippen molar-refractivity contribution in [1.29, 1.82) is 0 Å². The Labute approximate surface area is 248 Å². The van der Waals surface area contributed by atoms with Crippen LogP contribution < -0.4 is 5.73 Å². The lowest BCUT2D eigenvalue weighted by atomic mass is 10.0. The van der Waals surface area contributed by atoms with Crippen LogP contribution in [0.15, 0.2) is 0 Å². The van der Waals surface area contributed by atoms with Crippen molar-refractivity contribution in [2.75, 3.05) is 0 Å². The maximum absolute atomic E-state index is 10.4. The molecule has 0 rings (SSSR count). The Bertz CT molecular complexity index is 526. The van der Waals surface area contributed by atoms with E-state index in [0.29, 0.717) is 6.42 Å². The molecule has 0 bridgehead atoms. The first kappa shape index (κ1) is 41.0. The minimum absolute atomic E-state index is 0.347. The summed E-state index contributed by atoms with van der Waals surface area (Å²) in [7, 11) is 0. The SMILES string of the molecule is CCCCCCCCCCCCCCCCCCCCCCCCCCCCCC(=O)O.C[C@@H](O)[C@H](N)C(=O)O. The van der Waals surface area contributed by atoms with Crippen LogP contribution in [0.25, 0.3) is 0 Å². The van der Waals surface area contributed by atoms with Gasteiger partial charge in [0.1, 0.15) is 6.04 Å². The van der Waals surface area contributed by atoms with Gasteiger partial charge in [-0.05, 0) is 13.3 Å². The van der Waals surface area contributed by atoms with Gasteiger partial charge < -0.3 is 21.1 Å². The van der Waals surface area contributed by atoms with Crippen LogP contribution in [0.5, 0.6) is 0 Å². The molecule has 0 unspecified atom stereocenters. The van der Waals surface area contributed by atoms with Crippen LogP contribution in [-0.4, -0.2) is 39.4 Å². The van der Waals surface area contributed by atoms with Crippen molar-refractivity contribution in [3.63, 3.8) is 0 Å². The molecule has 0 aliphatic rings. The first-order valence-electron chi connectivity index (χ1n) is 17.2. The Morgan fingerprint density at radius 1 is 0.500 bits per heavy atom. The van der Waals surface area contributed by atoms with Crippen LogP contribution in [0.3, 0.4) is 0 Å². The number of unbranched alkanes of at least 4 members (excludes halogenated alkanes) is 26. The van der Waals surface area contributed by atoms with Crippen molar-refractivity contribution in [3.05, 3.63) is 0 Å². The molecule has 0 aromatic heterocycles. The Kier molecular flexibility index (Phi) is 34.9. The summed E-state index contributed by atoms with van der Waals surface area (Å²) in [6, 6.07) is -1.16. The normalized spacial score (nSPS) is 12.5. The van der Waals surface area contributed by atoms with Crippen molar-refractivity contribution in [1.82, 2.24) is 0 Å². The zero-order chi connectivity index (χ0) is 30.1. The molecule has 2 atom stereocenters. The van der Waals surface area contributed by atoms with Crippen LogP contribution in [0, 0.1) is 0 Å². The second kappa shape index (κ2) is 34.1. The maximum atomic E-state index is 10.4. The number of hydrogen-bond donors (Lipinski definition) is 4. The number of aliphatic hydroxyl groups is 1. The molecule has 40 heavy (non-hydrogen) atoms. The predicted molar refractivity (Wildman–Crippen MR) is 170 cm³/mol. The fraction of sp³-hybridized carbons (Fsp3) is 0.941. The average molecular weight is 572 g/mol. The van der Waals surface area contributed by atoms with Gasteiger partial charge in [-0.2, -0.15) is 0 Å². The molecule has 0 aromatic rings. The fourth-order valence-electron chi connectivity index (χ4n) is 4.98. The minimum Gasteiger partial charge on any atom is -0.481 e. The van der Waals surface area contributed by atoms with Gasteiger partial charge in [0.15, 0.2) is 0 Å². The topological polar surface area (TPSA) is 121 Å². The summed E-state index contributed by atoms with van der Waals surface area (Å²) in [5.74, 6) is -1.83. The molecule has 0 saturated carbocycles. The molecule has 240 valence electrons. The smallest absolute Gasteiger partial charge is 0.323 e. The third-order valence-electron chi connectivity index (χ3n) is 7.80. The third-order valence-corrected chi connectivity index (χ3v) is 7.80. The van der Waals surface area contributed by atoms with Crippen molar-refractivity contribution < 1.29 is 24.9 Å². The highest BCUT2D eigenvalue weighted by atomic mass is 16.4. The lowest BCUT2D eigenvalue weighted by Gasteiger charge is -2.06. The van der Waals surface area contributed by atoms with Gasteiger partial charge in [0.25, 0.3) is 0 Å². The molecule has 0 spiro atoms. The number of aliphatic carboxylic acids is 2. The summed E-state index contributed by atoms with van der Waals surface area (Å²) in [6.07, 6.45) is 37.0. The maximum Gasteiger partial charge on any atom is 0.323 e. The monoisotopic (exact) mass is 572 g/mol. The molecule has 0 heterocycles. The van der Waals surface area contributed by atoms with Crippen molar-refractivity contribution in [3.8, 4) is 0 Å². The standard InChI is InChI=1S/C30H60O2.C4H9NO3/c1-2-3-4-5-6-7-8-9-10-11-12-13-14-15-16-17-18-19-20-21-22-23-24-25-26-27-28-29-30(31)32;1-2(6)3(5)4(7)8/h2-29H2,1H3,(H,31,32);2-3,6H,5H2,1H3,(H,7,8)/t;2-,3+/m.1/s1. The van der Waals surface area contributed by atoms with Crippen LogP contribution in [0.4, 0.5) is 0 Å². The number of carboxylic acid groups (broad SMARTS) is 2. The zero-order valence-electron chi connectivity index (χ0n) is 26.7. The van der Waals surface area contributed by atoms with Gasteiger partial charge in [0.2, 0.25) is 0 Å². The molecule has 0 fully saturated rings. The van der Waals surface area contributed by atoms with Gasteiger partial charge in [-0.3, -0.25) is 9.59 Å². The first-order chi connectivity index (χ1) is 19.3. The molecule has 6 nitrogen and oxygen atoms in total. The van der Waals surface area contributed by atoms with Gasteiger partial charge in [-0.1, -0.05) is 174 Å². The first-order valence-corrected chi connectivity index (χ1v) is 17.2. The van der Waals surface area contributed by atoms with E-state index in [1.165, 1.54) is 167 Å². The Morgan fingerprint density at radius 2 is 0.725 bits per heavy atom. The van der Waals surface area contributed by atoms with Crippen LogP contribution in [-0.2, 0) is 9.59 Å². The Balaban J connectivity index is 0. The van der Waals surface area contributed by atoms with E-state index < -0.39 is 24.1 Å². The number of nitrogens with two attached hydrogens (primary N) is 1. The van der Waals surface area contributed by atoms with E-state index in [9.17, 15) is 9.59 Å². The van der Waals surface area contributed by atoms with Crippen molar-refractivity contribution in [2.45, 2.75) is 206 Å². The van der Waals surface area contributed by atoms with Crippen LogP contribution >= 0.6 is 0 Å². The molecule has 0 amide bonds. The quantitative estimate of drug-likeness (QED) is 0.0637. The van der Waals surface area contributed by atoms with E-state index in [1.807, 2.05) is 0 Å². The van der Waals surface area contributed by atoms with E-state index in [4.69, 9.17) is 21.1 Å². The summed E-state index contributed by atoms with van der Waals surface area (Å²) in [6.45, 7) is 3.63. The van der Waals surface area contributed by atoms with Crippen molar-refractivity contribution >= 4 is 11.9 Å². The molecule has 0 saturated heterocycles. The summed E-state index contributed by atoms with van der Waals surface area (Å²) in [5.41, 5.74) is 4.91. The number of carboxylic acids is 2. The molecule has 0 aliphatic heterocycles. The average Bonchev–Trinajstić information content (AvgIpc) is 2.92. The lowest BCUT2D eigenvalue weighted by molar-refractivity contribution is -0.141. The van der Waals surface area contributed by atoms with Gasteiger partial charge in [-0.25, -0.2) is 0 Å². The highest BCUT2D eigenvalue weighted by molar-refractivity contribution is 5.73. The van der Waals surface area contributed by atoms with Gasteiger partial charge >= 0.3 is 11.9 Å². The fourth-order valence-corrected chi connectivity index (χ4v) is 4.98. The largest absolute Gasteiger partial charge is 0.481 e. The Morgan fingerprint density at radius 3 is 0.875 bits per heavy atom. The highest BCUT2D eigenvalue weighted by Crippen LogP contribution is 2.16. The number of carbonyl (C=O) groups is 2. The summed E-state index contributed by atoms with van der Waals surface area (Å²) in [5, 5.41) is 25.2. The number of rotatable bonds is 30. The second-order valence-electron chi connectivity index (χ2n) is 11.9. The molecular weight excluding hydrogens is 502 g/mol. The van der Waals surface area contributed by atoms with E-state index in [-0.39, 0.29) is 0 Å². The van der Waals surface area contributed by atoms with Crippen molar-refractivity contribution in [2.24, 2.45) is 5.73 Å². The Hall–Kier alpha value is -1.14. The van der Waals surface area contributed by atoms with Gasteiger partial charge in [-0.15, -0.1) is 0 Å². The van der Waals surface area contributed by atoms with Gasteiger partial charge in [0.05, 0.1) is 6.10 Å². The van der Waals surface area contributed by atoms with Crippen LogP contribution in [0.1, 0.15) is 194 Å². The van der Waals surface area contributed by atoms with E-state index >= 15 is 0 Å². The zero-order valence-corrected chi connectivity index (χ0v) is 26.7. The van der Waals surface area contributed by atoms with Crippen LogP contribution in [0.2, 0.25) is 0 Å². The number of aliphatic hydroxyl groups excluding tert-OH is 1. The summed E-state index contributed by atoms with van der Waals surface area (Å²) in [4.78, 5) is 20.3. The number of hydrogen-bond acceptors (Lipinski definition) is 4. The molecule has 0 aromatic carbocycles. The molecular formula is C34H69NO5. The van der Waals surface area contributed by atoms with E-state index in [2.05, 4.69) is 6.92 Å². The summed E-state index contributed by atoms with van der Waals surface area (Å²) >= 11 is 0. The lowest BCUT2D eigenvalue weighted by Crippen LogP contribution is -2.39. The molecule has 5 N–H and O–H groups in total. The molecule has 6 heteroatoms. The highest BCUT2D eigenvalue weighted by Gasteiger charge is 2.16. The second-order valence-corrected chi connectivity index (χ2v) is 11.9. The third kappa shape index (κ3) is 36.9. The molecule has 0 aliphatic carbocycles. The minimum atomic E-state index is -1.18. The predicted octanol–water partition coefficient (Wildman–Crippen LogP) is 9.79. The van der Waals surface area contributed by atoms with E-state index in [1.54, 1.807) is 0 Å². The molecule has 0 radical (unpaired) electrons. The summed E-state index contributed by atoms with van der Waals surface area (Å²) < 4.78 is 0. The van der Waals surface area contributed by atoms with E-state index in [0.717, 1.165) is 12.8 Å².